The summed E-state index contributed by atoms with van der Waals surface area (Å²) in [6.45, 7) is 4.67. The van der Waals surface area contributed by atoms with E-state index in [-0.39, 0.29) is 0 Å². The number of aryl methyl sites for hydroxylation is 1. The van der Waals surface area contributed by atoms with Crippen molar-refractivity contribution in [2.75, 3.05) is 24.6 Å². The normalized spacial score (nSPS) is 17.5. The largest absolute Gasteiger partial charge is 0.396 e. The molecule has 0 spiro atoms. The van der Waals surface area contributed by atoms with Crippen molar-refractivity contribution in [3.63, 3.8) is 0 Å². The van der Waals surface area contributed by atoms with Gasteiger partial charge in [0.1, 0.15) is 0 Å². The van der Waals surface area contributed by atoms with Crippen LogP contribution in [0.15, 0.2) is 22.7 Å². The fraction of sp³-hybridized carbons (Fsp3) is 0.571. The molecule has 0 atom stereocenters. The first-order valence-corrected chi connectivity index (χ1v) is 7.12. The van der Waals surface area contributed by atoms with Crippen LogP contribution in [0.4, 0.5) is 5.69 Å². The molecule has 1 fully saturated rings. The van der Waals surface area contributed by atoms with Crippen LogP contribution in [-0.2, 0) is 0 Å². The van der Waals surface area contributed by atoms with E-state index in [1.54, 1.807) is 0 Å². The van der Waals surface area contributed by atoms with Crippen LogP contribution < -0.4 is 4.90 Å². The van der Waals surface area contributed by atoms with Crippen LogP contribution in [0, 0.1) is 12.8 Å². The SMILES string of the molecule is Cc1ccc(N2CCC(CCO)CC2)cc1Br. The Morgan fingerprint density at radius 3 is 2.65 bits per heavy atom. The molecule has 0 aromatic heterocycles. The Bertz CT molecular complexity index is 372. The number of hydrogen-bond acceptors (Lipinski definition) is 2. The molecule has 94 valence electrons. The van der Waals surface area contributed by atoms with Crippen LogP contribution in [-0.4, -0.2) is 24.8 Å². The van der Waals surface area contributed by atoms with Crippen molar-refractivity contribution in [1.29, 1.82) is 0 Å². The third-order valence-electron chi connectivity index (χ3n) is 3.67. The maximum Gasteiger partial charge on any atom is 0.0433 e. The molecule has 2 nitrogen and oxygen atoms in total. The van der Waals surface area contributed by atoms with Crippen molar-refractivity contribution in [2.24, 2.45) is 5.92 Å². The molecule has 0 amide bonds. The maximum absolute atomic E-state index is 8.95. The van der Waals surface area contributed by atoms with Crippen molar-refractivity contribution in [3.05, 3.63) is 28.2 Å². The van der Waals surface area contributed by atoms with Gasteiger partial charge in [0.2, 0.25) is 0 Å². The number of anilines is 1. The van der Waals surface area contributed by atoms with E-state index >= 15 is 0 Å². The number of rotatable bonds is 3. The summed E-state index contributed by atoms with van der Waals surface area (Å²) in [7, 11) is 0. The summed E-state index contributed by atoms with van der Waals surface area (Å²) in [5.41, 5.74) is 2.59. The lowest BCUT2D eigenvalue weighted by molar-refractivity contribution is 0.240. The minimum atomic E-state index is 0.334. The number of piperidine rings is 1. The van der Waals surface area contributed by atoms with Gasteiger partial charge in [-0.15, -0.1) is 0 Å². The second kappa shape index (κ2) is 5.87. The van der Waals surface area contributed by atoms with E-state index in [0.29, 0.717) is 12.5 Å². The van der Waals surface area contributed by atoms with Gasteiger partial charge in [-0.25, -0.2) is 0 Å². The first-order chi connectivity index (χ1) is 8.20. The number of aliphatic hydroxyl groups is 1. The molecule has 0 bridgehead atoms. The molecule has 1 heterocycles. The predicted molar refractivity (Wildman–Crippen MR) is 75.5 cm³/mol. The van der Waals surface area contributed by atoms with E-state index in [9.17, 15) is 0 Å². The van der Waals surface area contributed by atoms with Crippen LogP contribution in [0.25, 0.3) is 0 Å². The zero-order valence-electron chi connectivity index (χ0n) is 10.3. The van der Waals surface area contributed by atoms with Crippen molar-refractivity contribution in [2.45, 2.75) is 26.2 Å². The lowest BCUT2D eigenvalue weighted by atomic mass is 9.93. The van der Waals surface area contributed by atoms with Gasteiger partial charge in [-0.1, -0.05) is 22.0 Å². The number of hydrogen-bond donors (Lipinski definition) is 1. The van der Waals surface area contributed by atoms with Gasteiger partial charge in [-0.05, 0) is 49.8 Å². The lowest BCUT2D eigenvalue weighted by Crippen LogP contribution is -2.33. The second-order valence-corrected chi connectivity index (χ2v) is 5.73. The number of aliphatic hydroxyl groups excluding tert-OH is 1. The monoisotopic (exact) mass is 297 g/mol. The van der Waals surface area contributed by atoms with Gasteiger partial charge >= 0.3 is 0 Å². The molecule has 2 rings (SSSR count). The van der Waals surface area contributed by atoms with E-state index in [0.717, 1.165) is 19.5 Å². The van der Waals surface area contributed by atoms with E-state index in [2.05, 4.69) is 46.0 Å². The molecular weight excluding hydrogens is 278 g/mol. The van der Waals surface area contributed by atoms with Crippen molar-refractivity contribution in [3.8, 4) is 0 Å². The summed E-state index contributed by atoms with van der Waals surface area (Å²) in [6.07, 6.45) is 3.36. The third kappa shape index (κ3) is 3.23. The third-order valence-corrected chi connectivity index (χ3v) is 4.53. The fourth-order valence-corrected chi connectivity index (χ4v) is 2.81. The number of nitrogens with zero attached hydrogens (tertiary/aromatic N) is 1. The smallest absolute Gasteiger partial charge is 0.0433 e. The van der Waals surface area contributed by atoms with Crippen LogP contribution >= 0.6 is 15.9 Å². The summed E-state index contributed by atoms with van der Waals surface area (Å²) in [5.74, 6) is 0.713. The zero-order chi connectivity index (χ0) is 12.3. The summed E-state index contributed by atoms with van der Waals surface area (Å²) >= 11 is 3.59. The molecule has 1 aromatic rings. The van der Waals surface area contributed by atoms with Gasteiger partial charge in [0.25, 0.3) is 0 Å². The number of benzene rings is 1. The van der Waals surface area contributed by atoms with Gasteiger partial charge in [0, 0.05) is 29.9 Å². The summed E-state index contributed by atoms with van der Waals surface area (Å²) in [6, 6.07) is 6.58. The first-order valence-electron chi connectivity index (χ1n) is 6.32. The maximum atomic E-state index is 8.95. The van der Waals surface area contributed by atoms with Crippen molar-refractivity contribution in [1.82, 2.24) is 0 Å². The van der Waals surface area contributed by atoms with Gasteiger partial charge in [-0.3, -0.25) is 0 Å². The highest BCUT2D eigenvalue weighted by Crippen LogP contribution is 2.28. The molecule has 1 aromatic carbocycles. The minimum absolute atomic E-state index is 0.334. The summed E-state index contributed by atoms with van der Waals surface area (Å²) in [5, 5.41) is 8.95. The average Bonchev–Trinajstić information content (AvgIpc) is 2.34. The molecule has 0 radical (unpaired) electrons. The highest BCUT2D eigenvalue weighted by atomic mass is 79.9. The van der Waals surface area contributed by atoms with Gasteiger partial charge < -0.3 is 10.0 Å². The van der Waals surface area contributed by atoms with Crippen LogP contribution in [0.2, 0.25) is 0 Å². The molecule has 1 aliphatic rings. The zero-order valence-corrected chi connectivity index (χ0v) is 11.9. The minimum Gasteiger partial charge on any atom is -0.396 e. The standard InChI is InChI=1S/C14H20BrNO/c1-11-2-3-13(10-14(11)15)16-7-4-12(5-8-16)6-9-17/h2-3,10,12,17H,4-9H2,1H3. The molecule has 0 saturated carbocycles. The predicted octanol–water partition coefficient (Wildman–Crippen LogP) is 3.36. The van der Waals surface area contributed by atoms with Crippen molar-refractivity contribution >= 4 is 21.6 Å². The molecule has 1 saturated heterocycles. The Kier molecular flexibility index (Phi) is 4.46. The molecule has 0 aliphatic carbocycles. The molecule has 0 unspecified atom stereocenters. The molecule has 3 heteroatoms. The van der Waals surface area contributed by atoms with E-state index in [1.165, 1.54) is 28.6 Å². The number of halogens is 1. The topological polar surface area (TPSA) is 23.5 Å². The van der Waals surface area contributed by atoms with Crippen LogP contribution in [0.3, 0.4) is 0 Å². The van der Waals surface area contributed by atoms with Gasteiger partial charge in [0.15, 0.2) is 0 Å². The van der Waals surface area contributed by atoms with E-state index in [1.807, 2.05) is 0 Å². The Labute approximate surface area is 112 Å². The molecule has 17 heavy (non-hydrogen) atoms. The molecular formula is C14H20BrNO. The molecule has 1 N–H and O–H groups in total. The van der Waals surface area contributed by atoms with E-state index in [4.69, 9.17) is 5.11 Å². The van der Waals surface area contributed by atoms with Crippen LogP contribution in [0.1, 0.15) is 24.8 Å². The van der Waals surface area contributed by atoms with E-state index < -0.39 is 0 Å². The summed E-state index contributed by atoms with van der Waals surface area (Å²) < 4.78 is 1.19. The first kappa shape index (κ1) is 12.9. The Hall–Kier alpha value is -0.540. The highest BCUT2D eigenvalue weighted by Gasteiger charge is 2.19. The van der Waals surface area contributed by atoms with Crippen LogP contribution in [0.5, 0.6) is 0 Å². The quantitative estimate of drug-likeness (QED) is 0.925. The molecule has 1 aliphatic heterocycles. The average molecular weight is 298 g/mol. The second-order valence-electron chi connectivity index (χ2n) is 4.88. The van der Waals surface area contributed by atoms with Gasteiger partial charge in [0.05, 0.1) is 0 Å². The summed E-state index contributed by atoms with van der Waals surface area (Å²) in [4.78, 5) is 2.44. The Morgan fingerprint density at radius 2 is 2.06 bits per heavy atom. The Balaban J connectivity index is 1.98. The fourth-order valence-electron chi connectivity index (χ4n) is 2.44. The lowest BCUT2D eigenvalue weighted by Gasteiger charge is -2.33. The van der Waals surface area contributed by atoms with Gasteiger partial charge in [-0.2, -0.15) is 0 Å². The van der Waals surface area contributed by atoms with Crippen molar-refractivity contribution < 1.29 is 5.11 Å². The highest BCUT2D eigenvalue weighted by molar-refractivity contribution is 9.10. The Morgan fingerprint density at radius 1 is 1.35 bits per heavy atom.